The molecule has 1 fully saturated rings. The van der Waals surface area contributed by atoms with Gasteiger partial charge in [0.05, 0.1) is 17.6 Å². The van der Waals surface area contributed by atoms with Gasteiger partial charge < -0.3 is 5.32 Å². The molecule has 0 spiro atoms. The van der Waals surface area contributed by atoms with Crippen molar-refractivity contribution in [3.63, 3.8) is 0 Å². The number of sulfonamides is 1. The summed E-state index contributed by atoms with van der Waals surface area (Å²) in [5, 5.41) is 8.88. The molecule has 158 valence electrons. The SMILES string of the molecule is C[C@@H](NC(=O)[C@H]1CCCN(S(=O)(=O)c2cccs2)C1)c1ccc(-n2cncn2)cc1. The quantitative estimate of drug-likeness (QED) is 0.629. The van der Waals surface area contributed by atoms with Crippen molar-refractivity contribution in [3.8, 4) is 5.69 Å². The van der Waals surface area contributed by atoms with Crippen LogP contribution in [0, 0.1) is 5.92 Å². The molecule has 0 saturated carbocycles. The number of hydrogen-bond donors (Lipinski definition) is 1. The van der Waals surface area contributed by atoms with Crippen molar-refractivity contribution in [2.75, 3.05) is 13.1 Å². The fourth-order valence-corrected chi connectivity index (χ4v) is 6.25. The van der Waals surface area contributed by atoms with E-state index in [9.17, 15) is 13.2 Å². The minimum atomic E-state index is -3.53. The fourth-order valence-electron chi connectivity index (χ4n) is 3.58. The highest BCUT2D eigenvalue weighted by molar-refractivity contribution is 7.91. The Balaban J connectivity index is 1.39. The minimum Gasteiger partial charge on any atom is -0.349 e. The van der Waals surface area contributed by atoms with Crippen LogP contribution in [0.15, 0.2) is 58.6 Å². The van der Waals surface area contributed by atoms with Gasteiger partial charge in [-0.3, -0.25) is 4.79 Å². The Hall–Kier alpha value is -2.56. The lowest BCUT2D eigenvalue weighted by atomic mass is 9.98. The Kier molecular flexibility index (Phi) is 5.98. The Morgan fingerprint density at radius 1 is 1.27 bits per heavy atom. The highest BCUT2D eigenvalue weighted by atomic mass is 32.2. The summed E-state index contributed by atoms with van der Waals surface area (Å²) in [7, 11) is -3.53. The summed E-state index contributed by atoms with van der Waals surface area (Å²) in [5.74, 6) is -0.473. The van der Waals surface area contributed by atoms with Gasteiger partial charge in [0.2, 0.25) is 5.91 Å². The molecule has 2 atom stereocenters. The molecule has 0 radical (unpaired) electrons. The maximum Gasteiger partial charge on any atom is 0.252 e. The molecule has 1 amide bonds. The molecule has 1 N–H and O–H groups in total. The zero-order valence-corrected chi connectivity index (χ0v) is 18.1. The molecule has 3 heterocycles. The predicted molar refractivity (Wildman–Crippen MR) is 114 cm³/mol. The molecule has 8 nitrogen and oxygen atoms in total. The molecule has 1 aromatic carbocycles. The van der Waals surface area contributed by atoms with Crippen LogP contribution in [-0.4, -0.2) is 46.5 Å². The average Bonchev–Trinajstić information content (AvgIpc) is 3.48. The van der Waals surface area contributed by atoms with Crippen LogP contribution in [0.3, 0.4) is 0 Å². The zero-order chi connectivity index (χ0) is 21.1. The van der Waals surface area contributed by atoms with Gasteiger partial charge in [0.1, 0.15) is 16.9 Å². The number of aromatic nitrogens is 3. The van der Waals surface area contributed by atoms with Gasteiger partial charge in [0.25, 0.3) is 10.0 Å². The van der Waals surface area contributed by atoms with Crippen LogP contribution in [0.2, 0.25) is 0 Å². The summed E-state index contributed by atoms with van der Waals surface area (Å²) < 4.78 is 29.0. The second kappa shape index (κ2) is 8.66. The maximum absolute atomic E-state index is 12.8. The number of hydrogen-bond acceptors (Lipinski definition) is 6. The zero-order valence-electron chi connectivity index (χ0n) is 16.5. The lowest BCUT2D eigenvalue weighted by Crippen LogP contribution is -2.45. The number of nitrogens with one attached hydrogen (secondary N) is 1. The maximum atomic E-state index is 12.8. The normalized spacial score (nSPS) is 18.8. The monoisotopic (exact) mass is 445 g/mol. The van der Waals surface area contributed by atoms with E-state index in [0.29, 0.717) is 23.6 Å². The van der Waals surface area contributed by atoms with E-state index in [0.717, 1.165) is 11.3 Å². The number of amides is 1. The molecule has 0 bridgehead atoms. The number of carbonyl (C=O) groups is 1. The predicted octanol–water partition coefficient (Wildman–Crippen LogP) is 2.61. The van der Waals surface area contributed by atoms with Crippen LogP contribution in [-0.2, 0) is 14.8 Å². The van der Waals surface area contributed by atoms with Crippen molar-refractivity contribution in [2.24, 2.45) is 5.92 Å². The van der Waals surface area contributed by atoms with Crippen molar-refractivity contribution < 1.29 is 13.2 Å². The van der Waals surface area contributed by atoms with Gasteiger partial charge in [-0.25, -0.2) is 18.1 Å². The molecule has 2 aromatic heterocycles. The Bertz CT molecular complexity index is 1080. The van der Waals surface area contributed by atoms with Gasteiger partial charge in [-0.2, -0.15) is 9.40 Å². The van der Waals surface area contributed by atoms with E-state index in [1.54, 1.807) is 28.5 Å². The van der Waals surface area contributed by atoms with Crippen LogP contribution in [0.25, 0.3) is 5.69 Å². The number of nitrogens with zero attached hydrogens (tertiary/aromatic N) is 4. The Morgan fingerprint density at radius 2 is 2.07 bits per heavy atom. The topological polar surface area (TPSA) is 97.2 Å². The summed E-state index contributed by atoms with van der Waals surface area (Å²) in [5.41, 5.74) is 1.85. The first-order valence-corrected chi connectivity index (χ1v) is 12.1. The van der Waals surface area contributed by atoms with Crippen molar-refractivity contribution in [1.82, 2.24) is 24.4 Å². The summed E-state index contributed by atoms with van der Waals surface area (Å²) >= 11 is 1.20. The average molecular weight is 446 g/mol. The molecule has 3 aromatic rings. The van der Waals surface area contributed by atoms with Gasteiger partial charge in [-0.05, 0) is 48.9 Å². The first-order chi connectivity index (χ1) is 14.4. The van der Waals surface area contributed by atoms with E-state index in [2.05, 4.69) is 15.4 Å². The number of benzene rings is 1. The third-order valence-electron chi connectivity index (χ3n) is 5.28. The van der Waals surface area contributed by atoms with Gasteiger partial charge in [-0.15, -0.1) is 11.3 Å². The number of piperidine rings is 1. The lowest BCUT2D eigenvalue weighted by molar-refractivity contribution is -0.126. The highest BCUT2D eigenvalue weighted by Gasteiger charge is 2.34. The van der Waals surface area contributed by atoms with E-state index in [1.165, 1.54) is 22.0 Å². The fraction of sp³-hybridized carbons (Fsp3) is 0.350. The van der Waals surface area contributed by atoms with Crippen molar-refractivity contribution >= 4 is 27.3 Å². The molecular weight excluding hydrogens is 422 g/mol. The molecule has 1 saturated heterocycles. The second-order valence-corrected chi connectivity index (χ2v) is 10.4. The van der Waals surface area contributed by atoms with Crippen LogP contribution < -0.4 is 5.32 Å². The van der Waals surface area contributed by atoms with Crippen molar-refractivity contribution in [3.05, 3.63) is 60.0 Å². The number of thiophene rings is 1. The first kappa shape index (κ1) is 20.7. The third kappa shape index (κ3) is 4.30. The van der Waals surface area contributed by atoms with Gasteiger partial charge in [0, 0.05) is 13.1 Å². The molecule has 10 heteroatoms. The molecule has 4 rings (SSSR count). The Labute approximate surface area is 179 Å². The summed E-state index contributed by atoms with van der Waals surface area (Å²) in [6.07, 6.45) is 4.45. The van der Waals surface area contributed by atoms with E-state index in [1.807, 2.05) is 31.2 Å². The molecule has 1 aliphatic heterocycles. The van der Waals surface area contributed by atoms with Crippen LogP contribution in [0.4, 0.5) is 0 Å². The largest absolute Gasteiger partial charge is 0.349 e. The van der Waals surface area contributed by atoms with E-state index in [4.69, 9.17) is 0 Å². The van der Waals surface area contributed by atoms with Gasteiger partial charge in [-0.1, -0.05) is 18.2 Å². The van der Waals surface area contributed by atoms with Crippen LogP contribution in [0.1, 0.15) is 31.4 Å². The minimum absolute atomic E-state index is 0.117. The van der Waals surface area contributed by atoms with Gasteiger partial charge >= 0.3 is 0 Å². The summed E-state index contributed by atoms with van der Waals surface area (Å²) in [6.45, 7) is 2.58. The Morgan fingerprint density at radius 3 is 2.73 bits per heavy atom. The van der Waals surface area contributed by atoms with E-state index in [-0.39, 0.29) is 24.4 Å². The molecule has 1 aliphatic rings. The standard InChI is InChI=1S/C20H23N5O3S2/c1-15(16-6-8-18(9-7-16)25-14-21-13-22-25)23-20(26)17-4-2-10-24(12-17)30(27,28)19-5-3-11-29-19/h3,5-9,11,13-15,17H,2,4,10,12H2,1H3,(H,23,26)/t15-,17+/m1/s1. The molecule has 0 unspecified atom stereocenters. The first-order valence-electron chi connectivity index (χ1n) is 9.74. The summed E-state index contributed by atoms with van der Waals surface area (Å²) in [4.78, 5) is 16.8. The lowest BCUT2D eigenvalue weighted by Gasteiger charge is -2.31. The number of rotatable bonds is 6. The number of carbonyl (C=O) groups excluding carboxylic acids is 1. The van der Waals surface area contributed by atoms with Crippen molar-refractivity contribution in [2.45, 2.75) is 30.0 Å². The smallest absolute Gasteiger partial charge is 0.252 e. The molecular formula is C20H23N5O3S2. The molecule has 30 heavy (non-hydrogen) atoms. The van der Waals surface area contributed by atoms with Crippen LogP contribution in [0.5, 0.6) is 0 Å². The highest BCUT2D eigenvalue weighted by Crippen LogP contribution is 2.27. The van der Waals surface area contributed by atoms with Crippen molar-refractivity contribution in [1.29, 1.82) is 0 Å². The van der Waals surface area contributed by atoms with Gasteiger partial charge in [0.15, 0.2) is 0 Å². The third-order valence-corrected chi connectivity index (χ3v) is 8.52. The summed E-state index contributed by atoms with van der Waals surface area (Å²) in [6, 6.07) is 10.9. The van der Waals surface area contributed by atoms with E-state index < -0.39 is 10.0 Å². The van der Waals surface area contributed by atoms with E-state index >= 15 is 0 Å². The molecule has 0 aliphatic carbocycles. The van der Waals surface area contributed by atoms with Crippen LogP contribution >= 0.6 is 11.3 Å². The second-order valence-electron chi connectivity index (χ2n) is 7.30.